The van der Waals surface area contributed by atoms with Crippen LogP contribution in [0.1, 0.15) is 42.5 Å². The molecule has 0 saturated heterocycles. The van der Waals surface area contributed by atoms with Gasteiger partial charge in [-0.25, -0.2) is 9.78 Å². The third-order valence-electron chi connectivity index (χ3n) is 2.24. The zero-order chi connectivity index (χ0) is 10.0. The van der Waals surface area contributed by atoms with Crippen molar-refractivity contribution in [3.8, 4) is 0 Å². The van der Waals surface area contributed by atoms with Crippen LogP contribution in [0.3, 0.4) is 0 Å². The van der Waals surface area contributed by atoms with Gasteiger partial charge in [0.1, 0.15) is 5.69 Å². The number of aryl methyl sites for hydroxylation is 1. The summed E-state index contributed by atoms with van der Waals surface area (Å²) in [5.41, 5.74) is 0.877. The molecule has 0 bridgehead atoms. The number of carboxylic acids is 1. The molecule has 1 aromatic heterocycles. The molecule has 0 amide bonds. The van der Waals surface area contributed by atoms with E-state index in [0.29, 0.717) is 11.4 Å². The number of carbonyl (C=O) groups is 1. The summed E-state index contributed by atoms with van der Waals surface area (Å²) in [6.45, 7) is 5.71. The molecule has 0 aliphatic rings. The van der Waals surface area contributed by atoms with Gasteiger partial charge in [0.05, 0.1) is 12.0 Å². The Morgan fingerprint density at radius 2 is 2.38 bits per heavy atom. The molecule has 1 unspecified atom stereocenters. The van der Waals surface area contributed by atoms with Crippen molar-refractivity contribution in [2.24, 2.45) is 0 Å². The van der Waals surface area contributed by atoms with E-state index in [9.17, 15) is 4.79 Å². The van der Waals surface area contributed by atoms with Crippen molar-refractivity contribution in [1.82, 2.24) is 9.55 Å². The van der Waals surface area contributed by atoms with Crippen LogP contribution in [0.15, 0.2) is 6.33 Å². The van der Waals surface area contributed by atoms with Crippen LogP contribution in [0.25, 0.3) is 0 Å². The molecule has 1 heterocycles. The minimum absolute atomic E-state index is 0.187. The van der Waals surface area contributed by atoms with Crippen molar-refractivity contribution in [3.63, 3.8) is 0 Å². The second kappa shape index (κ2) is 3.60. The molecule has 1 rings (SSSR count). The highest BCUT2D eigenvalue weighted by atomic mass is 16.4. The first-order valence-electron chi connectivity index (χ1n) is 4.34. The Hall–Kier alpha value is -1.32. The fourth-order valence-corrected chi connectivity index (χ4v) is 1.25. The van der Waals surface area contributed by atoms with E-state index in [1.165, 1.54) is 0 Å². The monoisotopic (exact) mass is 182 g/mol. The quantitative estimate of drug-likeness (QED) is 0.776. The molecule has 72 valence electrons. The van der Waals surface area contributed by atoms with Crippen molar-refractivity contribution in [2.75, 3.05) is 0 Å². The second-order valence-corrected chi connectivity index (χ2v) is 3.15. The summed E-state index contributed by atoms with van der Waals surface area (Å²) in [6.07, 6.45) is 2.49. The van der Waals surface area contributed by atoms with Crippen LogP contribution < -0.4 is 0 Å². The van der Waals surface area contributed by atoms with E-state index in [1.807, 2.05) is 13.8 Å². The van der Waals surface area contributed by atoms with Crippen LogP contribution in [-0.2, 0) is 0 Å². The number of hydrogen-bond donors (Lipinski definition) is 1. The maximum atomic E-state index is 10.9. The summed E-state index contributed by atoms with van der Waals surface area (Å²) in [6, 6.07) is 0.187. The van der Waals surface area contributed by atoms with Crippen LogP contribution in [0.2, 0.25) is 0 Å². The van der Waals surface area contributed by atoms with Crippen LogP contribution in [0.5, 0.6) is 0 Å². The van der Waals surface area contributed by atoms with Crippen molar-refractivity contribution < 1.29 is 9.90 Å². The van der Waals surface area contributed by atoms with E-state index < -0.39 is 5.97 Å². The predicted molar refractivity (Wildman–Crippen MR) is 48.9 cm³/mol. The number of aromatic nitrogens is 2. The van der Waals surface area contributed by atoms with Gasteiger partial charge in [0, 0.05) is 6.04 Å². The van der Waals surface area contributed by atoms with Gasteiger partial charge < -0.3 is 9.67 Å². The largest absolute Gasteiger partial charge is 0.477 e. The van der Waals surface area contributed by atoms with Gasteiger partial charge in [0.25, 0.3) is 0 Å². The molecular formula is C9H14N2O2. The lowest BCUT2D eigenvalue weighted by Gasteiger charge is -2.12. The summed E-state index contributed by atoms with van der Waals surface area (Å²) in [5, 5.41) is 8.92. The molecule has 0 fully saturated rings. The lowest BCUT2D eigenvalue weighted by atomic mass is 10.2. The average molecular weight is 182 g/mol. The zero-order valence-corrected chi connectivity index (χ0v) is 8.11. The lowest BCUT2D eigenvalue weighted by molar-refractivity contribution is 0.0682. The number of aromatic carboxylic acids is 1. The van der Waals surface area contributed by atoms with Crippen LogP contribution in [-0.4, -0.2) is 20.6 Å². The molecular weight excluding hydrogens is 168 g/mol. The highest BCUT2D eigenvalue weighted by Gasteiger charge is 2.17. The molecule has 1 atom stereocenters. The topological polar surface area (TPSA) is 55.1 Å². The Bertz CT molecular complexity index is 317. The first-order valence-corrected chi connectivity index (χ1v) is 4.34. The first kappa shape index (κ1) is 9.77. The fraction of sp³-hybridized carbons (Fsp3) is 0.556. The molecule has 4 nitrogen and oxygen atoms in total. The standard InChI is InChI=1S/C9H14N2O2/c1-4-6(2)11-5-10-7(3)8(11)9(12)13/h5-6H,4H2,1-3H3,(H,12,13). The molecule has 1 N–H and O–H groups in total. The molecule has 0 aromatic carbocycles. The van der Waals surface area contributed by atoms with Crippen molar-refractivity contribution >= 4 is 5.97 Å². The van der Waals surface area contributed by atoms with Gasteiger partial charge in [0.15, 0.2) is 0 Å². The molecule has 0 spiro atoms. The van der Waals surface area contributed by atoms with E-state index in [-0.39, 0.29) is 6.04 Å². The highest BCUT2D eigenvalue weighted by molar-refractivity contribution is 5.86. The molecule has 0 saturated carbocycles. The van der Waals surface area contributed by atoms with Crippen molar-refractivity contribution in [2.45, 2.75) is 33.2 Å². The molecule has 4 heteroatoms. The Labute approximate surface area is 77.2 Å². The molecule has 1 aromatic rings. The minimum atomic E-state index is -0.907. The smallest absolute Gasteiger partial charge is 0.354 e. The normalized spacial score (nSPS) is 12.8. The summed E-state index contributed by atoms with van der Waals surface area (Å²) >= 11 is 0. The Balaban J connectivity index is 3.14. The lowest BCUT2D eigenvalue weighted by Crippen LogP contribution is -2.12. The summed E-state index contributed by atoms with van der Waals surface area (Å²) in [5.74, 6) is -0.907. The highest BCUT2D eigenvalue weighted by Crippen LogP contribution is 2.15. The fourth-order valence-electron chi connectivity index (χ4n) is 1.25. The van der Waals surface area contributed by atoms with Crippen LogP contribution >= 0.6 is 0 Å². The molecule has 0 aliphatic carbocycles. The maximum absolute atomic E-state index is 10.9. The number of hydrogen-bond acceptors (Lipinski definition) is 2. The zero-order valence-electron chi connectivity index (χ0n) is 8.11. The molecule has 13 heavy (non-hydrogen) atoms. The second-order valence-electron chi connectivity index (χ2n) is 3.15. The maximum Gasteiger partial charge on any atom is 0.354 e. The van der Waals surface area contributed by atoms with E-state index in [0.717, 1.165) is 6.42 Å². The van der Waals surface area contributed by atoms with Gasteiger partial charge in [-0.1, -0.05) is 6.92 Å². The van der Waals surface area contributed by atoms with Gasteiger partial charge >= 0.3 is 5.97 Å². The van der Waals surface area contributed by atoms with Crippen molar-refractivity contribution in [1.29, 1.82) is 0 Å². The van der Waals surface area contributed by atoms with Crippen molar-refractivity contribution in [3.05, 3.63) is 17.7 Å². The number of imidazole rings is 1. The van der Waals surface area contributed by atoms with E-state index >= 15 is 0 Å². The predicted octanol–water partition coefficient (Wildman–Crippen LogP) is 1.86. The first-order chi connectivity index (χ1) is 6.07. The van der Waals surface area contributed by atoms with Gasteiger partial charge in [-0.2, -0.15) is 0 Å². The number of carboxylic acid groups (broad SMARTS) is 1. The third kappa shape index (κ3) is 1.71. The van der Waals surface area contributed by atoms with E-state index in [1.54, 1.807) is 17.8 Å². The van der Waals surface area contributed by atoms with Crippen LogP contribution in [0, 0.1) is 6.92 Å². The number of nitrogens with zero attached hydrogens (tertiary/aromatic N) is 2. The van der Waals surface area contributed by atoms with Gasteiger partial charge in [-0.3, -0.25) is 0 Å². The summed E-state index contributed by atoms with van der Waals surface area (Å²) in [4.78, 5) is 14.9. The SMILES string of the molecule is CCC(C)n1cnc(C)c1C(=O)O. The summed E-state index contributed by atoms with van der Waals surface area (Å²) < 4.78 is 1.71. The van der Waals surface area contributed by atoms with E-state index in [4.69, 9.17) is 5.11 Å². The minimum Gasteiger partial charge on any atom is -0.477 e. The van der Waals surface area contributed by atoms with E-state index in [2.05, 4.69) is 4.98 Å². The van der Waals surface area contributed by atoms with Gasteiger partial charge in [-0.05, 0) is 20.3 Å². The molecule has 0 aliphatic heterocycles. The third-order valence-corrected chi connectivity index (χ3v) is 2.24. The van der Waals surface area contributed by atoms with Crippen LogP contribution in [0.4, 0.5) is 0 Å². The van der Waals surface area contributed by atoms with Gasteiger partial charge in [-0.15, -0.1) is 0 Å². The number of rotatable bonds is 3. The Morgan fingerprint density at radius 3 is 2.85 bits per heavy atom. The average Bonchev–Trinajstić information content (AvgIpc) is 2.45. The van der Waals surface area contributed by atoms with Gasteiger partial charge in [0.2, 0.25) is 0 Å². The Morgan fingerprint density at radius 1 is 1.77 bits per heavy atom. The summed E-state index contributed by atoms with van der Waals surface area (Å²) in [7, 11) is 0. The molecule has 0 radical (unpaired) electrons. The Kier molecular flexibility index (Phi) is 2.70.